The van der Waals surface area contributed by atoms with Crippen molar-refractivity contribution in [2.24, 2.45) is 0 Å². The zero-order valence-corrected chi connectivity index (χ0v) is 13.5. The summed E-state index contributed by atoms with van der Waals surface area (Å²) in [4.78, 5) is 12.4. The van der Waals surface area contributed by atoms with Gasteiger partial charge in [-0.1, -0.05) is 12.1 Å². The van der Waals surface area contributed by atoms with E-state index in [1.807, 2.05) is 6.07 Å². The van der Waals surface area contributed by atoms with Gasteiger partial charge in [-0.15, -0.1) is 0 Å². The summed E-state index contributed by atoms with van der Waals surface area (Å²) in [7, 11) is -3.57. The smallest absolute Gasteiger partial charge is 0.255 e. The normalized spacial score (nSPS) is 14.0. The Morgan fingerprint density at radius 3 is 2.58 bits per heavy atom. The van der Waals surface area contributed by atoms with Gasteiger partial charge in [0.05, 0.1) is 16.5 Å². The number of nitrogens with one attached hydrogen (secondary N) is 2. The number of anilines is 1. The van der Waals surface area contributed by atoms with Crippen LogP contribution in [0.3, 0.4) is 0 Å². The third kappa shape index (κ3) is 3.79. The first-order valence-corrected chi connectivity index (χ1v) is 8.90. The van der Waals surface area contributed by atoms with E-state index < -0.39 is 15.9 Å². The molecule has 1 fully saturated rings. The van der Waals surface area contributed by atoms with Gasteiger partial charge in [0.25, 0.3) is 5.91 Å². The maximum Gasteiger partial charge on any atom is 0.255 e. The van der Waals surface area contributed by atoms with Crippen LogP contribution in [-0.4, -0.2) is 20.4 Å². The number of hydrogen-bond donors (Lipinski definition) is 2. The molecule has 1 aliphatic carbocycles. The minimum absolute atomic E-state index is 0.0157. The Morgan fingerprint density at radius 1 is 1.12 bits per heavy atom. The van der Waals surface area contributed by atoms with Crippen LogP contribution in [0, 0.1) is 11.3 Å². The highest BCUT2D eigenvalue weighted by molar-refractivity contribution is 7.89. The Labute approximate surface area is 140 Å². The van der Waals surface area contributed by atoms with E-state index in [1.165, 1.54) is 18.2 Å². The third-order valence-electron chi connectivity index (χ3n) is 3.56. The summed E-state index contributed by atoms with van der Waals surface area (Å²) < 4.78 is 27.0. The molecule has 24 heavy (non-hydrogen) atoms. The van der Waals surface area contributed by atoms with Crippen LogP contribution in [0.1, 0.15) is 28.8 Å². The highest BCUT2D eigenvalue weighted by atomic mass is 32.2. The summed E-state index contributed by atoms with van der Waals surface area (Å²) in [6, 6.07) is 14.4. The van der Waals surface area contributed by atoms with E-state index in [1.54, 1.807) is 30.3 Å². The fourth-order valence-electron chi connectivity index (χ4n) is 2.16. The number of benzene rings is 2. The molecule has 122 valence electrons. The van der Waals surface area contributed by atoms with Crippen LogP contribution in [0.5, 0.6) is 0 Å². The van der Waals surface area contributed by atoms with Crippen LogP contribution in [0.2, 0.25) is 0 Å². The first-order valence-electron chi connectivity index (χ1n) is 7.42. The molecule has 0 bridgehead atoms. The number of rotatable bonds is 5. The van der Waals surface area contributed by atoms with Gasteiger partial charge in [-0.3, -0.25) is 4.79 Å². The van der Waals surface area contributed by atoms with Crippen molar-refractivity contribution in [1.29, 1.82) is 5.26 Å². The fourth-order valence-corrected chi connectivity index (χ4v) is 3.51. The lowest BCUT2D eigenvalue weighted by Crippen LogP contribution is -2.25. The maximum atomic E-state index is 12.2. The minimum atomic E-state index is -3.57. The highest BCUT2D eigenvalue weighted by Crippen LogP contribution is 2.23. The minimum Gasteiger partial charge on any atom is -0.322 e. The Bertz CT molecular complexity index is 928. The van der Waals surface area contributed by atoms with E-state index in [-0.39, 0.29) is 10.9 Å². The summed E-state index contributed by atoms with van der Waals surface area (Å²) in [6.07, 6.45) is 1.70. The van der Waals surface area contributed by atoms with E-state index in [0.717, 1.165) is 12.8 Å². The standard InChI is InChI=1S/C17H15N3O3S/c18-11-12-3-1-4-13(9-12)17(21)19-15-5-2-6-16(10-15)24(22,23)20-14-7-8-14/h1-6,9-10,14,20H,7-8H2,(H,19,21). The number of hydrogen-bond acceptors (Lipinski definition) is 4. The molecule has 2 aromatic rings. The Balaban J connectivity index is 1.79. The van der Waals surface area contributed by atoms with Gasteiger partial charge >= 0.3 is 0 Å². The summed E-state index contributed by atoms with van der Waals surface area (Å²) in [6.45, 7) is 0. The molecule has 1 aliphatic rings. The van der Waals surface area contributed by atoms with E-state index in [4.69, 9.17) is 5.26 Å². The van der Waals surface area contributed by atoms with Crippen LogP contribution >= 0.6 is 0 Å². The quantitative estimate of drug-likeness (QED) is 0.871. The number of carbonyl (C=O) groups excluding carboxylic acids is 1. The molecule has 7 heteroatoms. The van der Waals surface area contributed by atoms with Crippen molar-refractivity contribution in [3.05, 3.63) is 59.7 Å². The Kier molecular flexibility index (Phi) is 4.34. The maximum absolute atomic E-state index is 12.2. The van der Waals surface area contributed by atoms with Crippen LogP contribution in [0.15, 0.2) is 53.4 Å². The van der Waals surface area contributed by atoms with Crippen LogP contribution in [0.4, 0.5) is 5.69 Å². The molecule has 0 heterocycles. The van der Waals surface area contributed by atoms with Gasteiger partial charge in [0.2, 0.25) is 10.0 Å². The van der Waals surface area contributed by atoms with Crippen molar-refractivity contribution in [3.8, 4) is 6.07 Å². The van der Waals surface area contributed by atoms with Crippen molar-refractivity contribution in [1.82, 2.24) is 4.72 Å². The van der Waals surface area contributed by atoms with Gasteiger partial charge < -0.3 is 5.32 Å². The molecule has 2 aromatic carbocycles. The van der Waals surface area contributed by atoms with E-state index in [0.29, 0.717) is 16.8 Å². The summed E-state index contributed by atoms with van der Waals surface area (Å²) in [5.41, 5.74) is 1.09. The molecule has 0 radical (unpaired) electrons. The molecule has 1 amide bonds. The van der Waals surface area contributed by atoms with Gasteiger partial charge in [-0.25, -0.2) is 13.1 Å². The first-order chi connectivity index (χ1) is 11.5. The molecule has 6 nitrogen and oxygen atoms in total. The number of carbonyl (C=O) groups is 1. The second-order valence-electron chi connectivity index (χ2n) is 5.57. The zero-order valence-electron chi connectivity index (χ0n) is 12.7. The monoisotopic (exact) mass is 341 g/mol. The summed E-state index contributed by atoms with van der Waals surface area (Å²) in [5.74, 6) is -0.406. The van der Waals surface area contributed by atoms with Crippen LogP contribution in [-0.2, 0) is 10.0 Å². The molecule has 0 aromatic heterocycles. The lowest BCUT2D eigenvalue weighted by atomic mass is 10.1. The Morgan fingerprint density at radius 2 is 1.88 bits per heavy atom. The molecule has 0 atom stereocenters. The van der Waals surface area contributed by atoms with Gasteiger partial charge in [-0.2, -0.15) is 5.26 Å². The van der Waals surface area contributed by atoms with Gasteiger partial charge in [0.1, 0.15) is 0 Å². The molecule has 1 saturated carbocycles. The van der Waals surface area contributed by atoms with Gasteiger partial charge in [-0.05, 0) is 49.2 Å². The number of amides is 1. The number of nitrogens with zero attached hydrogens (tertiary/aromatic N) is 1. The molecular weight excluding hydrogens is 326 g/mol. The fraction of sp³-hybridized carbons (Fsp3) is 0.176. The first kappa shape index (κ1) is 16.2. The molecule has 2 N–H and O–H groups in total. The average Bonchev–Trinajstić information content (AvgIpc) is 3.38. The SMILES string of the molecule is N#Cc1cccc(C(=O)Nc2cccc(S(=O)(=O)NC3CC3)c2)c1. The summed E-state index contributed by atoms with van der Waals surface area (Å²) in [5, 5.41) is 11.5. The number of sulfonamides is 1. The average molecular weight is 341 g/mol. The Hall–Kier alpha value is -2.69. The largest absolute Gasteiger partial charge is 0.322 e. The van der Waals surface area contributed by atoms with Crippen molar-refractivity contribution in [2.45, 2.75) is 23.8 Å². The van der Waals surface area contributed by atoms with E-state index in [9.17, 15) is 13.2 Å². The molecule has 3 rings (SSSR count). The molecular formula is C17H15N3O3S. The predicted molar refractivity (Wildman–Crippen MR) is 88.9 cm³/mol. The second-order valence-corrected chi connectivity index (χ2v) is 7.28. The second kappa shape index (κ2) is 6.43. The van der Waals surface area contributed by atoms with Crippen molar-refractivity contribution in [2.75, 3.05) is 5.32 Å². The highest BCUT2D eigenvalue weighted by Gasteiger charge is 2.28. The zero-order chi connectivity index (χ0) is 17.2. The molecule has 0 spiro atoms. The molecule has 0 aliphatic heterocycles. The third-order valence-corrected chi connectivity index (χ3v) is 5.07. The van der Waals surface area contributed by atoms with Gasteiger partial charge in [0.15, 0.2) is 0 Å². The van der Waals surface area contributed by atoms with Gasteiger partial charge in [0, 0.05) is 17.3 Å². The van der Waals surface area contributed by atoms with E-state index in [2.05, 4.69) is 10.0 Å². The van der Waals surface area contributed by atoms with E-state index >= 15 is 0 Å². The molecule has 0 unspecified atom stereocenters. The van der Waals surface area contributed by atoms with Crippen molar-refractivity contribution in [3.63, 3.8) is 0 Å². The topological polar surface area (TPSA) is 99.1 Å². The summed E-state index contributed by atoms with van der Waals surface area (Å²) >= 11 is 0. The lowest BCUT2D eigenvalue weighted by molar-refractivity contribution is 0.102. The van der Waals surface area contributed by atoms with Crippen molar-refractivity contribution < 1.29 is 13.2 Å². The lowest BCUT2D eigenvalue weighted by Gasteiger charge is -2.09. The predicted octanol–water partition coefficient (Wildman–Crippen LogP) is 2.25. The molecule has 0 saturated heterocycles. The van der Waals surface area contributed by atoms with Crippen LogP contribution in [0.25, 0.3) is 0 Å². The van der Waals surface area contributed by atoms with Crippen molar-refractivity contribution >= 4 is 21.6 Å². The van der Waals surface area contributed by atoms with Crippen LogP contribution < -0.4 is 10.0 Å². The number of nitriles is 1.